The van der Waals surface area contributed by atoms with E-state index in [-0.39, 0.29) is 44.7 Å². The van der Waals surface area contributed by atoms with Crippen LogP contribution in [-0.2, 0) is 9.59 Å². The van der Waals surface area contributed by atoms with Crippen LogP contribution in [0.4, 0.5) is 0 Å². The van der Waals surface area contributed by atoms with Gasteiger partial charge < -0.3 is 20.2 Å². The van der Waals surface area contributed by atoms with Crippen molar-refractivity contribution in [2.75, 3.05) is 0 Å². The molecule has 0 aliphatic heterocycles. The second-order valence-corrected chi connectivity index (χ2v) is 6.63. The number of nitrogens with zero attached hydrogens (tertiary/aromatic N) is 2. The molecule has 0 fully saturated rings. The number of aromatic nitrogens is 4. The van der Waals surface area contributed by atoms with Crippen LogP contribution >= 0.6 is 0 Å². The highest BCUT2D eigenvalue weighted by atomic mass is 16.3. The van der Waals surface area contributed by atoms with Crippen LogP contribution in [0, 0.1) is 0 Å². The first kappa shape index (κ1) is 20.4. The van der Waals surface area contributed by atoms with Gasteiger partial charge in [0, 0.05) is 12.4 Å². The summed E-state index contributed by atoms with van der Waals surface area (Å²) in [6, 6.07) is 6.19. The molecule has 0 aliphatic rings. The summed E-state index contributed by atoms with van der Waals surface area (Å²) in [5.41, 5.74) is -1.47. The summed E-state index contributed by atoms with van der Waals surface area (Å²) in [4.78, 5) is 61.4. The van der Waals surface area contributed by atoms with Crippen molar-refractivity contribution in [2.24, 2.45) is 0 Å². The fourth-order valence-corrected chi connectivity index (χ4v) is 3.04. The molecule has 0 amide bonds. The average molecular weight is 430 g/mol. The normalized spacial score (nSPS) is 11.6. The molecule has 10 nitrogen and oxygen atoms in total. The summed E-state index contributed by atoms with van der Waals surface area (Å²) >= 11 is 0. The van der Waals surface area contributed by atoms with E-state index in [1.165, 1.54) is 24.5 Å². The number of nitrogens with one attached hydrogen (secondary N) is 2. The lowest BCUT2D eigenvalue weighted by atomic mass is 10.1. The molecule has 158 valence electrons. The number of carbonyl (C=O) groups excluding carboxylic acids is 2. The SMILES string of the molecule is O=C(/C=C/c1c(O)c2cccnc2[nH]c1=O)C(=O)/C=C/c1c(O)c2cccnc2[nH]c1=O. The summed E-state index contributed by atoms with van der Waals surface area (Å²) in [5, 5.41) is 21.1. The summed E-state index contributed by atoms with van der Waals surface area (Å²) < 4.78 is 0. The third-order valence-electron chi connectivity index (χ3n) is 4.63. The fraction of sp³-hybridized carbons (Fsp3) is 0. The van der Waals surface area contributed by atoms with E-state index in [0.717, 1.165) is 24.3 Å². The first-order valence-corrected chi connectivity index (χ1v) is 9.21. The Morgan fingerprint density at radius 2 is 1.16 bits per heavy atom. The highest BCUT2D eigenvalue weighted by Gasteiger charge is 2.14. The number of pyridine rings is 4. The quantitative estimate of drug-likeness (QED) is 0.273. The molecule has 4 heterocycles. The average Bonchev–Trinajstić information content (AvgIpc) is 2.78. The number of aromatic amines is 2. The molecule has 0 atom stereocenters. The van der Waals surface area contributed by atoms with Crippen molar-refractivity contribution in [1.29, 1.82) is 0 Å². The molecule has 10 heteroatoms. The number of carbonyl (C=O) groups is 2. The van der Waals surface area contributed by atoms with Crippen LogP contribution < -0.4 is 11.1 Å². The highest BCUT2D eigenvalue weighted by molar-refractivity contribution is 6.46. The van der Waals surface area contributed by atoms with Crippen molar-refractivity contribution in [3.63, 3.8) is 0 Å². The minimum atomic E-state index is -1.01. The maximum atomic E-state index is 12.2. The summed E-state index contributed by atoms with van der Waals surface area (Å²) in [7, 11) is 0. The minimum absolute atomic E-state index is 0.174. The molecule has 0 saturated heterocycles. The van der Waals surface area contributed by atoms with Crippen molar-refractivity contribution in [3.05, 3.63) is 80.6 Å². The lowest BCUT2D eigenvalue weighted by Gasteiger charge is -2.03. The first-order chi connectivity index (χ1) is 15.4. The Kier molecular flexibility index (Phi) is 5.17. The van der Waals surface area contributed by atoms with Crippen LogP contribution in [0.3, 0.4) is 0 Å². The Labute approximate surface area is 178 Å². The molecule has 0 saturated carbocycles. The molecule has 4 aromatic rings. The number of H-pyrrole nitrogens is 2. The molecule has 4 rings (SSSR count). The van der Waals surface area contributed by atoms with Crippen LogP contribution in [0.2, 0.25) is 0 Å². The van der Waals surface area contributed by atoms with Crippen LogP contribution in [0.1, 0.15) is 11.1 Å². The zero-order valence-corrected chi connectivity index (χ0v) is 16.2. The van der Waals surface area contributed by atoms with Gasteiger partial charge in [-0.05, 0) is 48.6 Å². The zero-order chi connectivity index (χ0) is 22.8. The number of aromatic hydroxyl groups is 2. The van der Waals surface area contributed by atoms with Crippen molar-refractivity contribution >= 4 is 45.8 Å². The van der Waals surface area contributed by atoms with E-state index in [1.54, 1.807) is 12.1 Å². The first-order valence-electron chi connectivity index (χ1n) is 9.21. The number of allylic oxidation sites excluding steroid dienone is 2. The molecule has 0 unspecified atom stereocenters. The van der Waals surface area contributed by atoms with E-state index >= 15 is 0 Å². The van der Waals surface area contributed by atoms with E-state index in [0.29, 0.717) is 0 Å². The van der Waals surface area contributed by atoms with Gasteiger partial charge in [0.25, 0.3) is 11.1 Å². The van der Waals surface area contributed by atoms with E-state index in [2.05, 4.69) is 19.9 Å². The Bertz CT molecular complexity index is 1460. The van der Waals surface area contributed by atoms with Crippen molar-refractivity contribution in [1.82, 2.24) is 19.9 Å². The summed E-state index contributed by atoms with van der Waals surface area (Å²) in [6.45, 7) is 0. The molecule has 0 aliphatic carbocycles. The van der Waals surface area contributed by atoms with Crippen LogP contribution in [0.15, 0.2) is 58.4 Å². The molecular weight excluding hydrogens is 416 g/mol. The Morgan fingerprint density at radius 3 is 1.56 bits per heavy atom. The Morgan fingerprint density at radius 1 is 0.750 bits per heavy atom. The number of fused-ring (bicyclic) bond motifs is 2. The second kappa shape index (κ2) is 8.11. The van der Waals surface area contributed by atoms with Gasteiger partial charge >= 0.3 is 0 Å². The molecular formula is C22H14N4O6. The molecule has 32 heavy (non-hydrogen) atoms. The van der Waals surface area contributed by atoms with Gasteiger partial charge in [-0.3, -0.25) is 19.2 Å². The number of hydrogen-bond acceptors (Lipinski definition) is 8. The largest absolute Gasteiger partial charge is 0.506 e. The van der Waals surface area contributed by atoms with Gasteiger partial charge in [-0.15, -0.1) is 0 Å². The van der Waals surface area contributed by atoms with Gasteiger partial charge in [0.1, 0.15) is 22.8 Å². The summed E-state index contributed by atoms with van der Waals surface area (Å²) in [6.07, 6.45) is 6.57. The van der Waals surface area contributed by atoms with Crippen molar-refractivity contribution < 1.29 is 19.8 Å². The predicted octanol–water partition coefficient (Wildman–Crippen LogP) is 1.44. The van der Waals surface area contributed by atoms with Gasteiger partial charge in [-0.25, -0.2) is 9.97 Å². The Balaban J connectivity index is 1.60. The number of hydrogen-bond donors (Lipinski definition) is 4. The molecule has 0 bridgehead atoms. The third-order valence-corrected chi connectivity index (χ3v) is 4.63. The van der Waals surface area contributed by atoms with Crippen LogP contribution in [-0.4, -0.2) is 41.7 Å². The van der Waals surface area contributed by atoms with Gasteiger partial charge in [0.05, 0.1) is 21.9 Å². The lowest BCUT2D eigenvalue weighted by molar-refractivity contribution is -0.130. The van der Waals surface area contributed by atoms with Gasteiger partial charge in [-0.2, -0.15) is 0 Å². The fourth-order valence-electron chi connectivity index (χ4n) is 3.04. The van der Waals surface area contributed by atoms with E-state index < -0.39 is 22.7 Å². The second-order valence-electron chi connectivity index (χ2n) is 6.63. The topological polar surface area (TPSA) is 166 Å². The number of ketones is 2. The predicted molar refractivity (Wildman–Crippen MR) is 116 cm³/mol. The highest BCUT2D eigenvalue weighted by Crippen LogP contribution is 2.25. The van der Waals surface area contributed by atoms with Gasteiger partial charge in [-0.1, -0.05) is 0 Å². The zero-order valence-electron chi connectivity index (χ0n) is 16.2. The molecule has 0 radical (unpaired) electrons. The van der Waals surface area contributed by atoms with E-state index in [4.69, 9.17) is 0 Å². The van der Waals surface area contributed by atoms with E-state index in [1.807, 2.05) is 0 Å². The van der Waals surface area contributed by atoms with Crippen molar-refractivity contribution in [2.45, 2.75) is 0 Å². The smallest absolute Gasteiger partial charge is 0.260 e. The maximum absolute atomic E-state index is 12.2. The Hall–Kier alpha value is -4.86. The minimum Gasteiger partial charge on any atom is -0.506 e. The van der Waals surface area contributed by atoms with Gasteiger partial charge in [0.2, 0.25) is 11.6 Å². The van der Waals surface area contributed by atoms with E-state index in [9.17, 15) is 29.4 Å². The molecule has 0 aromatic carbocycles. The molecule has 0 spiro atoms. The van der Waals surface area contributed by atoms with Crippen LogP contribution in [0.5, 0.6) is 11.5 Å². The molecule has 4 N–H and O–H groups in total. The molecule has 4 aromatic heterocycles. The van der Waals surface area contributed by atoms with Crippen molar-refractivity contribution in [3.8, 4) is 11.5 Å². The maximum Gasteiger partial charge on any atom is 0.260 e. The number of rotatable bonds is 5. The standard InChI is InChI=1S/C22H14N4O6/c27-15(7-5-13-17(29)11-3-1-9-23-19(11)25-21(13)31)16(28)8-6-14-18(30)12-4-2-10-24-20(12)26-22(14)32/h1-10H,(H2,23,25,29,31)(H2,24,26,30,32)/b7-5+,8-6+. The monoisotopic (exact) mass is 430 g/mol. The lowest BCUT2D eigenvalue weighted by Crippen LogP contribution is -2.12. The third kappa shape index (κ3) is 3.67. The van der Waals surface area contributed by atoms with Crippen LogP contribution in [0.25, 0.3) is 34.2 Å². The summed E-state index contributed by atoms with van der Waals surface area (Å²) in [5.74, 6) is -2.79. The van der Waals surface area contributed by atoms with Gasteiger partial charge in [0.15, 0.2) is 0 Å².